The van der Waals surface area contributed by atoms with Gasteiger partial charge in [0.25, 0.3) is 0 Å². The molecule has 6 heteroatoms. The number of hydrogen-bond donors (Lipinski definition) is 0. The average molecular weight is 1040 g/mol. The van der Waals surface area contributed by atoms with E-state index in [1.807, 2.05) is 24.4 Å². The van der Waals surface area contributed by atoms with Crippen LogP contribution in [0, 0.1) is 46.5 Å². The van der Waals surface area contributed by atoms with Crippen LogP contribution in [0.3, 0.4) is 0 Å². The van der Waals surface area contributed by atoms with Crippen LogP contribution in [0.4, 0.5) is 11.4 Å². The molecule has 9 aromatic rings. The smallest absolute Gasteiger partial charge is 0.135 e. The number of rotatable bonds is 8. The van der Waals surface area contributed by atoms with Crippen molar-refractivity contribution in [1.29, 1.82) is 0 Å². The van der Waals surface area contributed by atoms with Gasteiger partial charge in [-0.1, -0.05) is 93.0 Å². The number of hydrogen-bond acceptors (Lipinski definition) is 4. The van der Waals surface area contributed by atoms with Crippen LogP contribution in [0.1, 0.15) is 62.4 Å². The standard InChI is InChI=1S/C60H53N4O.Pt/c1-38-15-12-16-39(2)58(38)46-31-45(32-47(33-46)59-40(3)17-13-18-41(59)4)44-23-25-49(26-24-44)62-37-63(43(6)42(62)5)50-19-14-20-51(35-50)65-52-27-28-54-53-21-10-11-22-55(53)64(56(54)36-52)57-34-48(29-30-61-57)60(7,8)9;/h10-34,37H,1-9H3;/q-3;. The van der Waals surface area contributed by atoms with E-state index in [0.717, 1.165) is 50.4 Å². The molecule has 3 heterocycles. The first-order valence-electron chi connectivity index (χ1n) is 22.4. The Kier molecular flexibility index (Phi) is 11.9. The molecule has 66 heavy (non-hydrogen) atoms. The van der Waals surface area contributed by atoms with Gasteiger partial charge in [0.1, 0.15) is 5.82 Å². The first kappa shape index (κ1) is 44.5. The van der Waals surface area contributed by atoms with Crippen LogP contribution in [-0.4, -0.2) is 9.55 Å². The first-order chi connectivity index (χ1) is 31.3. The van der Waals surface area contributed by atoms with E-state index in [9.17, 15) is 0 Å². The molecule has 0 N–H and O–H groups in total. The Morgan fingerprint density at radius 3 is 1.77 bits per heavy atom. The monoisotopic (exact) mass is 1040 g/mol. The third kappa shape index (κ3) is 8.15. The van der Waals surface area contributed by atoms with E-state index in [4.69, 9.17) is 9.72 Å². The second kappa shape index (κ2) is 17.6. The summed E-state index contributed by atoms with van der Waals surface area (Å²) in [4.78, 5) is 9.27. The number of aryl methyl sites for hydroxylation is 4. The summed E-state index contributed by atoms with van der Waals surface area (Å²) in [6.07, 6.45) is 1.90. The van der Waals surface area contributed by atoms with Crippen molar-refractivity contribution in [2.45, 2.75) is 67.7 Å². The average Bonchev–Trinajstić information content (AvgIpc) is 3.78. The molecule has 0 saturated carbocycles. The fraction of sp³-hybridized carbons (Fsp3) is 0.167. The molecule has 7 aromatic carbocycles. The van der Waals surface area contributed by atoms with Crippen molar-refractivity contribution in [2.75, 3.05) is 9.80 Å². The molecular weight excluding hydrogens is 988 g/mol. The number of anilines is 2. The fourth-order valence-corrected chi connectivity index (χ4v) is 9.51. The van der Waals surface area contributed by atoms with E-state index in [1.54, 1.807) is 0 Å². The number of benzene rings is 7. The third-order valence-corrected chi connectivity index (χ3v) is 13.1. The van der Waals surface area contributed by atoms with E-state index in [2.05, 4.69) is 223 Å². The second-order valence-electron chi connectivity index (χ2n) is 18.5. The molecule has 5 nitrogen and oxygen atoms in total. The zero-order valence-corrected chi connectivity index (χ0v) is 41.3. The summed E-state index contributed by atoms with van der Waals surface area (Å²) >= 11 is 0. The maximum Gasteiger partial charge on any atom is 0.135 e. The van der Waals surface area contributed by atoms with Gasteiger partial charge >= 0.3 is 0 Å². The molecule has 1 aliphatic rings. The van der Waals surface area contributed by atoms with Gasteiger partial charge < -0.3 is 19.1 Å². The van der Waals surface area contributed by atoms with E-state index in [1.165, 1.54) is 61.2 Å². The normalized spacial score (nSPS) is 12.9. The van der Waals surface area contributed by atoms with Gasteiger partial charge in [0.05, 0.1) is 0 Å². The number of nitrogens with zero attached hydrogens (tertiary/aromatic N) is 4. The summed E-state index contributed by atoms with van der Waals surface area (Å²) in [6, 6.07) is 59.2. The van der Waals surface area contributed by atoms with Crippen LogP contribution in [0.5, 0.6) is 11.5 Å². The van der Waals surface area contributed by atoms with Crippen LogP contribution < -0.4 is 14.5 Å². The van der Waals surface area contributed by atoms with E-state index in [-0.39, 0.29) is 26.5 Å². The van der Waals surface area contributed by atoms with Crippen LogP contribution in [0.25, 0.3) is 61.0 Å². The zero-order valence-electron chi connectivity index (χ0n) is 39.0. The Labute approximate surface area is 404 Å². The molecule has 2 aromatic heterocycles. The fourth-order valence-electron chi connectivity index (χ4n) is 9.51. The number of pyridine rings is 1. The minimum atomic E-state index is -0.0167. The molecule has 10 rings (SSSR count). The Balaban J connectivity index is 0.00000548. The Morgan fingerprint density at radius 1 is 0.530 bits per heavy atom. The van der Waals surface area contributed by atoms with Gasteiger partial charge in [0.15, 0.2) is 0 Å². The molecule has 0 spiro atoms. The summed E-state index contributed by atoms with van der Waals surface area (Å²) < 4.78 is 8.76. The Morgan fingerprint density at radius 2 is 1.12 bits per heavy atom. The van der Waals surface area contributed by atoms with Crippen molar-refractivity contribution >= 4 is 33.2 Å². The first-order valence-corrected chi connectivity index (χ1v) is 22.4. The quantitative estimate of drug-likeness (QED) is 0.142. The number of ether oxygens (including phenoxy) is 1. The van der Waals surface area contributed by atoms with E-state index < -0.39 is 0 Å². The summed E-state index contributed by atoms with van der Waals surface area (Å²) in [5.74, 6) is 2.08. The molecule has 0 amide bonds. The molecule has 0 unspecified atom stereocenters. The number of aromatic nitrogens is 2. The van der Waals surface area contributed by atoms with Gasteiger partial charge in [-0.25, -0.2) is 4.98 Å². The molecule has 332 valence electrons. The Hall–Kier alpha value is -6.68. The molecule has 0 atom stereocenters. The molecule has 0 bridgehead atoms. The van der Waals surface area contributed by atoms with Crippen molar-refractivity contribution in [3.8, 4) is 50.7 Å². The van der Waals surface area contributed by atoms with Crippen LogP contribution >= 0.6 is 0 Å². The van der Waals surface area contributed by atoms with Crippen LogP contribution in [0.2, 0.25) is 0 Å². The van der Waals surface area contributed by atoms with Gasteiger partial charge in [0.2, 0.25) is 0 Å². The molecule has 0 radical (unpaired) electrons. The minimum Gasteiger partial charge on any atom is -0.509 e. The summed E-state index contributed by atoms with van der Waals surface area (Å²) in [5, 5.41) is 2.24. The maximum atomic E-state index is 6.56. The van der Waals surface area contributed by atoms with Crippen molar-refractivity contribution in [3.05, 3.63) is 210 Å². The number of allylic oxidation sites excluding steroid dienone is 2. The van der Waals surface area contributed by atoms with Gasteiger partial charge in [-0.05, 0) is 162 Å². The predicted octanol–water partition coefficient (Wildman–Crippen LogP) is 15.8. The summed E-state index contributed by atoms with van der Waals surface area (Å²) in [6.45, 7) is 22.0. The maximum absolute atomic E-state index is 6.56. The largest absolute Gasteiger partial charge is 0.509 e. The van der Waals surface area contributed by atoms with Crippen LogP contribution in [-0.2, 0) is 26.5 Å². The predicted molar refractivity (Wildman–Crippen MR) is 271 cm³/mol. The minimum absolute atomic E-state index is 0. The SMILES string of the molecule is CC1=C(C)N(c2ccc(-c3cc(-c4c(C)cccc4C)cc(-c4c(C)cccc4C)c3)cc2)[CH-]N1c1[c-]c(Oc2[c-]c3c(cc2)c2ccccc2n3-c2cc(C(C)(C)C)ccn2)ccc1.[Pt]. The number of fused-ring (bicyclic) bond motifs is 3. The molecular formula is C60H53N4OPt-3. The van der Waals surface area contributed by atoms with E-state index >= 15 is 0 Å². The van der Waals surface area contributed by atoms with Crippen LogP contribution in [0.15, 0.2) is 163 Å². The van der Waals surface area contributed by atoms with Gasteiger partial charge in [-0.15, -0.1) is 48.1 Å². The molecule has 0 saturated heterocycles. The van der Waals surface area contributed by atoms with Gasteiger partial charge in [0, 0.05) is 61.4 Å². The molecule has 0 aliphatic carbocycles. The van der Waals surface area contributed by atoms with Crippen molar-refractivity contribution < 1.29 is 25.8 Å². The van der Waals surface area contributed by atoms with Gasteiger partial charge in [-0.2, -0.15) is 12.1 Å². The van der Waals surface area contributed by atoms with E-state index in [0.29, 0.717) is 11.5 Å². The van der Waals surface area contributed by atoms with Crippen molar-refractivity contribution in [2.24, 2.45) is 0 Å². The topological polar surface area (TPSA) is 33.5 Å². The molecule has 0 fully saturated rings. The van der Waals surface area contributed by atoms with Gasteiger partial charge in [-0.3, -0.25) is 0 Å². The summed E-state index contributed by atoms with van der Waals surface area (Å²) in [7, 11) is 0. The summed E-state index contributed by atoms with van der Waals surface area (Å²) in [5.41, 5.74) is 20.0. The Bertz CT molecular complexity index is 3220. The van der Waals surface area contributed by atoms with Crippen molar-refractivity contribution in [3.63, 3.8) is 0 Å². The second-order valence-corrected chi connectivity index (χ2v) is 18.5. The van der Waals surface area contributed by atoms with Crippen molar-refractivity contribution in [1.82, 2.24) is 9.55 Å². The molecule has 1 aliphatic heterocycles. The number of para-hydroxylation sites is 1. The third-order valence-electron chi connectivity index (χ3n) is 13.1. The zero-order chi connectivity index (χ0) is 45.1.